The molecule has 19 heavy (non-hydrogen) atoms. The molecule has 0 amide bonds. The van der Waals surface area contributed by atoms with Gasteiger partial charge < -0.3 is 0 Å². The maximum Gasteiger partial charge on any atom is 0.159 e. The Morgan fingerprint density at radius 1 is 0.895 bits per heavy atom. The summed E-state index contributed by atoms with van der Waals surface area (Å²) in [6.45, 7) is 0. The van der Waals surface area contributed by atoms with Gasteiger partial charge in [-0.05, 0) is 35.4 Å². The molecule has 4 heteroatoms. The van der Waals surface area contributed by atoms with Gasteiger partial charge in [-0.15, -0.1) is 0 Å². The van der Waals surface area contributed by atoms with Gasteiger partial charge in [-0.1, -0.05) is 18.2 Å². The molecule has 0 saturated heterocycles. The Bertz CT molecular complexity index is 603. The highest BCUT2D eigenvalue weighted by molar-refractivity contribution is 7.97. The lowest BCUT2D eigenvalue weighted by molar-refractivity contribution is 0.507. The molecule has 0 aromatic heterocycles. The molecular formula is C15H11F2NS. The van der Waals surface area contributed by atoms with Crippen molar-refractivity contribution in [2.24, 2.45) is 0 Å². The summed E-state index contributed by atoms with van der Waals surface area (Å²) < 4.78 is 25.7. The first kappa shape index (κ1) is 13.6. The highest BCUT2D eigenvalue weighted by Crippen LogP contribution is 2.19. The summed E-state index contributed by atoms with van der Waals surface area (Å²) in [6.07, 6.45) is 0. The van der Waals surface area contributed by atoms with E-state index in [0.29, 0.717) is 11.3 Å². The van der Waals surface area contributed by atoms with Crippen LogP contribution in [-0.4, -0.2) is 0 Å². The van der Waals surface area contributed by atoms with E-state index >= 15 is 0 Å². The molecule has 0 unspecified atom stereocenters. The first-order chi connectivity index (χ1) is 9.19. The molecule has 0 spiro atoms. The standard InChI is InChI=1S/C15H11F2NS/c16-14-6-5-13(7-15(14)17)10-19-9-12-3-1-11(8-18)2-4-12/h1-7H,9-10H2. The quantitative estimate of drug-likeness (QED) is 0.832. The summed E-state index contributed by atoms with van der Waals surface area (Å²) in [7, 11) is 0. The fourth-order valence-electron chi connectivity index (χ4n) is 1.59. The molecule has 0 bridgehead atoms. The number of nitrogens with zero attached hydrogens (tertiary/aromatic N) is 1. The fourth-order valence-corrected chi connectivity index (χ4v) is 2.54. The van der Waals surface area contributed by atoms with Gasteiger partial charge in [-0.3, -0.25) is 0 Å². The van der Waals surface area contributed by atoms with Crippen LogP contribution in [0.4, 0.5) is 8.78 Å². The average Bonchev–Trinajstić information content (AvgIpc) is 2.43. The second-order valence-corrected chi connectivity index (χ2v) is 5.04. The number of hydrogen-bond donors (Lipinski definition) is 0. The van der Waals surface area contributed by atoms with Crippen molar-refractivity contribution < 1.29 is 8.78 Å². The number of benzene rings is 2. The third-order valence-electron chi connectivity index (χ3n) is 2.60. The van der Waals surface area contributed by atoms with Crippen molar-refractivity contribution in [3.63, 3.8) is 0 Å². The minimum absolute atomic E-state index is 0.622. The molecular weight excluding hydrogens is 264 g/mol. The van der Waals surface area contributed by atoms with Crippen LogP contribution in [-0.2, 0) is 11.5 Å². The molecule has 96 valence electrons. The van der Waals surface area contributed by atoms with Crippen molar-refractivity contribution >= 4 is 11.8 Å². The molecule has 2 aromatic rings. The van der Waals surface area contributed by atoms with Gasteiger partial charge >= 0.3 is 0 Å². The number of thioether (sulfide) groups is 1. The van der Waals surface area contributed by atoms with E-state index in [1.807, 2.05) is 12.1 Å². The lowest BCUT2D eigenvalue weighted by Crippen LogP contribution is -1.88. The maximum absolute atomic E-state index is 13.0. The number of rotatable bonds is 4. The molecule has 0 atom stereocenters. The van der Waals surface area contributed by atoms with E-state index in [0.717, 1.165) is 22.9 Å². The van der Waals surface area contributed by atoms with Crippen LogP contribution in [0.15, 0.2) is 42.5 Å². The Morgan fingerprint density at radius 3 is 2.16 bits per heavy atom. The predicted octanol–water partition coefficient (Wildman–Crippen LogP) is 4.27. The van der Waals surface area contributed by atoms with Gasteiger partial charge in [0.1, 0.15) is 0 Å². The van der Waals surface area contributed by atoms with Gasteiger partial charge in [0.15, 0.2) is 11.6 Å². The molecule has 0 fully saturated rings. The second kappa shape index (κ2) is 6.35. The maximum atomic E-state index is 13.0. The SMILES string of the molecule is N#Cc1ccc(CSCc2ccc(F)c(F)c2)cc1. The van der Waals surface area contributed by atoms with E-state index in [1.165, 1.54) is 6.07 Å². The summed E-state index contributed by atoms with van der Waals surface area (Å²) in [5.41, 5.74) is 2.50. The Balaban J connectivity index is 1.89. The first-order valence-electron chi connectivity index (χ1n) is 5.70. The van der Waals surface area contributed by atoms with Gasteiger partial charge in [0, 0.05) is 11.5 Å². The average molecular weight is 275 g/mol. The molecule has 0 radical (unpaired) electrons. The monoisotopic (exact) mass is 275 g/mol. The van der Waals surface area contributed by atoms with E-state index in [9.17, 15) is 8.78 Å². The minimum atomic E-state index is -0.819. The molecule has 0 aliphatic rings. The number of halogens is 2. The molecule has 2 rings (SSSR count). The molecule has 0 heterocycles. The van der Waals surface area contributed by atoms with Crippen molar-refractivity contribution in [2.45, 2.75) is 11.5 Å². The van der Waals surface area contributed by atoms with Crippen molar-refractivity contribution in [3.05, 3.63) is 70.8 Å². The number of hydrogen-bond acceptors (Lipinski definition) is 2. The van der Waals surface area contributed by atoms with Crippen LogP contribution in [0.1, 0.15) is 16.7 Å². The zero-order chi connectivity index (χ0) is 13.7. The van der Waals surface area contributed by atoms with Crippen LogP contribution in [0, 0.1) is 23.0 Å². The van der Waals surface area contributed by atoms with Crippen molar-refractivity contribution in [1.29, 1.82) is 5.26 Å². The Hall–Kier alpha value is -1.86. The van der Waals surface area contributed by atoms with E-state index in [-0.39, 0.29) is 0 Å². The largest absolute Gasteiger partial charge is 0.204 e. The molecule has 0 aliphatic heterocycles. The fraction of sp³-hybridized carbons (Fsp3) is 0.133. The second-order valence-electron chi connectivity index (χ2n) is 4.05. The predicted molar refractivity (Wildman–Crippen MR) is 72.5 cm³/mol. The van der Waals surface area contributed by atoms with Crippen LogP contribution in [0.2, 0.25) is 0 Å². The summed E-state index contributed by atoms with van der Waals surface area (Å²) >= 11 is 1.62. The van der Waals surface area contributed by atoms with E-state index in [1.54, 1.807) is 30.0 Å². The normalized spacial score (nSPS) is 10.2. The molecule has 0 saturated carbocycles. The third kappa shape index (κ3) is 3.80. The van der Waals surface area contributed by atoms with Gasteiger partial charge in [0.25, 0.3) is 0 Å². The molecule has 1 nitrogen and oxygen atoms in total. The first-order valence-corrected chi connectivity index (χ1v) is 6.85. The summed E-state index contributed by atoms with van der Waals surface area (Å²) in [5, 5.41) is 8.68. The highest BCUT2D eigenvalue weighted by atomic mass is 32.2. The summed E-state index contributed by atoms with van der Waals surface area (Å²) in [4.78, 5) is 0. The van der Waals surface area contributed by atoms with Gasteiger partial charge in [0.05, 0.1) is 11.6 Å². The van der Waals surface area contributed by atoms with Crippen molar-refractivity contribution in [1.82, 2.24) is 0 Å². The summed E-state index contributed by atoms with van der Waals surface area (Å²) in [6, 6.07) is 13.4. The van der Waals surface area contributed by atoms with E-state index in [4.69, 9.17) is 5.26 Å². The van der Waals surface area contributed by atoms with Crippen LogP contribution >= 0.6 is 11.8 Å². The van der Waals surface area contributed by atoms with Crippen LogP contribution in [0.3, 0.4) is 0 Å². The van der Waals surface area contributed by atoms with Crippen molar-refractivity contribution in [2.75, 3.05) is 0 Å². The topological polar surface area (TPSA) is 23.8 Å². The Kier molecular flexibility index (Phi) is 4.53. The Morgan fingerprint density at radius 2 is 1.53 bits per heavy atom. The minimum Gasteiger partial charge on any atom is -0.204 e. The lowest BCUT2D eigenvalue weighted by atomic mass is 10.2. The number of nitriles is 1. The van der Waals surface area contributed by atoms with Crippen LogP contribution in [0.25, 0.3) is 0 Å². The Labute approximate surface area is 114 Å². The van der Waals surface area contributed by atoms with Crippen LogP contribution < -0.4 is 0 Å². The summed E-state index contributed by atoms with van der Waals surface area (Å²) in [5.74, 6) is -0.237. The van der Waals surface area contributed by atoms with E-state index in [2.05, 4.69) is 6.07 Å². The van der Waals surface area contributed by atoms with Gasteiger partial charge in [0.2, 0.25) is 0 Å². The lowest BCUT2D eigenvalue weighted by Gasteiger charge is -2.03. The molecule has 0 aliphatic carbocycles. The zero-order valence-corrected chi connectivity index (χ0v) is 10.9. The smallest absolute Gasteiger partial charge is 0.159 e. The highest BCUT2D eigenvalue weighted by Gasteiger charge is 2.02. The van der Waals surface area contributed by atoms with Gasteiger partial charge in [-0.25, -0.2) is 8.78 Å². The molecule has 0 N–H and O–H groups in total. The van der Waals surface area contributed by atoms with E-state index < -0.39 is 11.6 Å². The van der Waals surface area contributed by atoms with Gasteiger partial charge in [-0.2, -0.15) is 17.0 Å². The van der Waals surface area contributed by atoms with Crippen molar-refractivity contribution in [3.8, 4) is 6.07 Å². The zero-order valence-electron chi connectivity index (χ0n) is 10.1. The third-order valence-corrected chi connectivity index (χ3v) is 3.68. The molecule has 2 aromatic carbocycles. The van der Waals surface area contributed by atoms with Crippen LogP contribution in [0.5, 0.6) is 0 Å².